The summed E-state index contributed by atoms with van der Waals surface area (Å²) >= 11 is 0. The van der Waals surface area contributed by atoms with E-state index in [1.807, 2.05) is 31.2 Å². The van der Waals surface area contributed by atoms with Crippen molar-refractivity contribution in [2.24, 2.45) is 0 Å². The molecule has 0 bridgehead atoms. The van der Waals surface area contributed by atoms with Gasteiger partial charge in [0, 0.05) is 35.8 Å². The summed E-state index contributed by atoms with van der Waals surface area (Å²) in [5, 5.41) is 12.1. The maximum absolute atomic E-state index is 13.0. The standard InChI is InChI=1S/C22H20N2O7/c1-13-17-5-3-4-6-18(17)23-19(11-28-2)20(13)22(25)30-10-15-8-16(24(26)27)7-14-9-29-12-31-21(14)15/h3-8H,9-12H2,1-2H3. The van der Waals surface area contributed by atoms with Gasteiger partial charge in [-0.1, -0.05) is 18.2 Å². The molecule has 0 N–H and O–H groups in total. The second kappa shape index (κ2) is 8.66. The summed E-state index contributed by atoms with van der Waals surface area (Å²) in [6.07, 6.45) is 0. The number of esters is 1. The molecule has 1 aromatic heterocycles. The van der Waals surface area contributed by atoms with E-state index < -0.39 is 10.9 Å². The van der Waals surface area contributed by atoms with E-state index in [4.69, 9.17) is 18.9 Å². The Hall–Kier alpha value is -3.56. The highest BCUT2D eigenvalue weighted by Crippen LogP contribution is 2.33. The Morgan fingerprint density at radius 2 is 2.06 bits per heavy atom. The molecule has 3 aromatic rings. The number of hydrogen-bond donors (Lipinski definition) is 0. The lowest BCUT2D eigenvalue weighted by Gasteiger charge is -2.20. The number of non-ortho nitro benzene ring substituents is 1. The smallest absolute Gasteiger partial charge is 0.340 e. The maximum atomic E-state index is 13.0. The van der Waals surface area contributed by atoms with Crippen LogP contribution in [-0.2, 0) is 34.0 Å². The molecular formula is C22H20N2O7. The van der Waals surface area contributed by atoms with Crippen molar-refractivity contribution < 1.29 is 28.7 Å². The number of para-hydroxylation sites is 1. The molecule has 0 radical (unpaired) electrons. The van der Waals surface area contributed by atoms with Crippen LogP contribution in [-0.4, -0.2) is 29.8 Å². The summed E-state index contributed by atoms with van der Waals surface area (Å²) in [4.78, 5) is 28.4. The molecule has 2 aromatic carbocycles. The Labute approximate surface area is 177 Å². The minimum absolute atomic E-state index is 0.0252. The number of hydrogen-bond acceptors (Lipinski definition) is 8. The van der Waals surface area contributed by atoms with Gasteiger partial charge in [-0.15, -0.1) is 0 Å². The van der Waals surface area contributed by atoms with Crippen molar-refractivity contribution in [2.75, 3.05) is 13.9 Å². The van der Waals surface area contributed by atoms with Crippen molar-refractivity contribution in [3.63, 3.8) is 0 Å². The lowest BCUT2D eigenvalue weighted by atomic mass is 10.0. The summed E-state index contributed by atoms with van der Waals surface area (Å²) in [6.45, 7) is 1.99. The van der Waals surface area contributed by atoms with E-state index in [-0.39, 0.29) is 32.3 Å². The first kappa shape index (κ1) is 20.7. The van der Waals surface area contributed by atoms with Crippen LogP contribution in [0.4, 0.5) is 5.69 Å². The molecule has 1 aliphatic heterocycles. The highest BCUT2D eigenvalue weighted by atomic mass is 16.7. The number of nitrogens with zero attached hydrogens (tertiary/aromatic N) is 2. The van der Waals surface area contributed by atoms with Crippen molar-refractivity contribution in [3.05, 3.63) is 74.5 Å². The van der Waals surface area contributed by atoms with E-state index >= 15 is 0 Å². The summed E-state index contributed by atoms with van der Waals surface area (Å²) in [5.41, 5.74) is 3.09. The average Bonchev–Trinajstić information content (AvgIpc) is 2.77. The minimum Gasteiger partial charge on any atom is -0.467 e. The number of methoxy groups -OCH3 is 1. The summed E-state index contributed by atoms with van der Waals surface area (Å²) in [7, 11) is 1.52. The molecule has 9 heteroatoms. The van der Waals surface area contributed by atoms with Crippen LogP contribution in [0, 0.1) is 17.0 Å². The van der Waals surface area contributed by atoms with Gasteiger partial charge in [0.2, 0.25) is 0 Å². The topological polar surface area (TPSA) is 110 Å². The fourth-order valence-electron chi connectivity index (χ4n) is 3.66. The third-order valence-corrected chi connectivity index (χ3v) is 5.05. The molecule has 0 saturated carbocycles. The number of carbonyl (C=O) groups excluding carboxylic acids is 1. The molecule has 0 unspecified atom stereocenters. The highest BCUT2D eigenvalue weighted by molar-refractivity contribution is 5.98. The number of aromatic nitrogens is 1. The predicted octanol–water partition coefficient (Wildman–Crippen LogP) is 3.82. The highest BCUT2D eigenvalue weighted by Gasteiger charge is 2.24. The van der Waals surface area contributed by atoms with Crippen LogP contribution >= 0.6 is 0 Å². The number of benzene rings is 2. The molecule has 0 amide bonds. The number of nitro groups is 1. The Bertz CT molecular complexity index is 1180. The number of ether oxygens (including phenoxy) is 4. The number of nitro benzene ring substituents is 1. The van der Waals surface area contributed by atoms with Gasteiger partial charge in [-0.3, -0.25) is 10.1 Å². The van der Waals surface area contributed by atoms with Gasteiger partial charge in [0.25, 0.3) is 5.69 Å². The lowest BCUT2D eigenvalue weighted by Crippen LogP contribution is -2.16. The van der Waals surface area contributed by atoms with Crippen LogP contribution in [0.2, 0.25) is 0 Å². The largest absolute Gasteiger partial charge is 0.467 e. The van der Waals surface area contributed by atoms with Crippen molar-refractivity contribution >= 4 is 22.6 Å². The van der Waals surface area contributed by atoms with Gasteiger partial charge in [-0.05, 0) is 18.6 Å². The molecule has 4 rings (SSSR count). The molecule has 0 fully saturated rings. The van der Waals surface area contributed by atoms with Gasteiger partial charge in [-0.2, -0.15) is 0 Å². The third-order valence-electron chi connectivity index (χ3n) is 5.05. The molecule has 2 heterocycles. The first-order chi connectivity index (χ1) is 15.0. The quantitative estimate of drug-likeness (QED) is 0.334. The molecule has 0 aliphatic carbocycles. The van der Waals surface area contributed by atoms with E-state index in [2.05, 4.69) is 4.98 Å². The predicted molar refractivity (Wildman–Crippen MR) is 110 cm³/mol. The molecule has 9 nitrogen and oxygen atoms in total. The van der Waals surface area contributed by atoms with Crippen LogP contribution in [0.25, 0.3) is 10.9 Å². The summed E-state index contributed by atoms with van der Waals surface area (Å²) in [6, 6.07) is 10.2. The minimum atomic E-state index is -0.588. The van der Waals surface area contributed by atoms with Crippen LogP contribution in [0.15, 0.2) is 36.4 Å². The fourth-order valence-corrected chi connectivity index (χ4v) is 3.66. The molecule has 0 atom stereocenters. The zero-order chi connectivity index (χ0) is 22.0. The third kappa shape index (κ3) is 4.05. The first-order valence-corrected chi connectivity index (χ1v) is 9.54. The molecule has 1 aliphatic rings. The molecule has 31 heavy (non-hydrogen) atoms. The average molecular weight is 424 g/mol. The summed E-state index contributed by atoms with van der Waals surface area (Å²) < 4.78 is 21.5. The second-order valence-corrected chi connectivity index (χ2v) is 7.05. The summed E-state index contributed by atoms with van der Waals surface area (Å²) in [5.74, 6) is -0.148. The zero-order valence-corrected chi connectivity index (χ0v) is 17.0. The van der Waals surface area contributed by atoms with Crippen molar-refractivity contribution in [3.8, 4) is 5.75 Å². The van der Waals surface area contributed by atoms with Gasteiger partial charge < -0.3 is 18.9 Å². The number of rotatable bonds is 6. The SMILES string of the molecule is COCc1nc2ccccc2c(C)c1C(=O)OCc1cc([N+](=O)[O-])cc2c1OCOC2. The van der Waals surface area contributed by atoms with Crippen LogP contribution < -0.4 is 4.74 Å². The second-order valence-electron chi connectivity index (χ2n) is 7.05. The monoisotopic (exact) mass is 424 g/mol. The number of fused-ring (bicyclic) bond motifs is 2. The van der Waals surface area contributed by atoms with E-state index in [9.17, 15) is 14.9 Å². The Morgan fingerprint density at radius 3 is 2.84 bits per heavy atom. The van der Waals surface area contributed by atoms with E-state index in [0.717, 1.165) is 16.5 Å². The van der Waals surface area contributed by atoms with Crippen molar-refractivity contribution in [1.29, 1.82) is 0 Å². The van der Waals surface area contributed by atoms with Crippen LogP contribution in [0.5, 0.6) is 5.75 Å². The molecule has 160 valence electrons. The van der Waals surface area contributed by atoms with E-state index in [1.54, 1.807) is 0 Å². The number of carbonyl (C=O) groups is 1. The number of aryl methyl sites for hydroxylation is 1. The van der Waals surface area contributed by atoms with Gasteiger partial charge in [0.1, 0.15) is 12.4 Å². The Morgan fingerprint density at radius 1 is 1.26 bits per heavy atom. The molecular weight excluding hydrogens is 404 g/mol. The van der Waals surface area contributed by atoms with E-state index in [0.29, 0.717) is 28.1 Å². The zero-order valence-electron chi connectivity index (χ0n) is 17.0. The molecule has 0 saturated heterocycles. The van der Waals surface area contributed by atoms with Gasteiger partial charge in [0.15, 0.2) is 6.79 Å². The normalized spacial score (nSPS) is 12.8. The van der Waals surface area contributed by atoms with E-state index in [1.165, 1.54) is 19.2 Å². The van der Waals surface area contributed by atoms with Crippen molar-refractivity contribution in [2.45, 2.75) is 26.7 Å². The van der Waals surface area contributed by atoms with Gasteiger partial charge in [0.05, 0.1) is 34.9 Å². The fraction of sp³-hybridized carbons (Fsp3) is 0.273. The first-order valence-electron chi connectivity index (χ1n) is 9.54. The van der Waals surface area contributed by atoms with Crippen LogP contribution in [0.3, 0.4) is 0 Å². The Balaban J connectivity index is 1.67. The van der Waals surface area contributed by atoms with Crippen LogP contribution in [0.1, 0.15) is 32.7 Å². The van der Waals surface area contributed by atoms with Gasteiger partial charge in [-0.25, -0.2) is 9.78 Å². The van der Waals surface area contributed by atoms with Gasteiger partial charge >= 0.3 is 5.97 Å². The maximum Gasteiger partial charge on any atom is 0.340 e. The van der Waals surface area contributed by atoms with Crippen molar-refractivity contribution in [1.82, 2.24) is 4.98 Å². The number of pyridine rings is 1. The molecule has 0 spiro atoms. The Kier molecular flexibility index (Phi) is 5.79. The lowest BCUT2D eigenvalue weighted by molar-refractivity contribution is -0.385.